The number of piperidine rings is 1. The standard InChI is InChI=1S/C21H39N5O2.HI/c1-6-19-18(20(7-2)25(4)24-19)16-23-21(22-8-3)26-12-10-17(11-13-26)28-15-9-14-27-5;/h17H,6-16H2,1-5H3,(H,22,23);1H. The number of aromatic nitrogens is 2. The average Bonchev–Trinajstić information content (AvgIpc) is 3.03. The zero-order chi connectivity index (χ0) is 20.4. The van der Waals surface area contributed by atoms with Gasteiger partial charge < -0.3 is 19.7 Å². The fraction of sp³-hybridized carbons (Fsp3) is 0.810. The highest BCUT2D eigenvalue weighted by Gasteiger charge is 2.22. The molecule has 1 aromatic rings. The average molecular weight is 521 g/mol. The van der Waals surface area contributed by atoms with E-state index in [1.54, 1.807) is 7.11 Å². The third kappa shape index (κ3) is 7.71. The van der Waals surface area contributed by atoms with E-state index in [4.69, 9.17) is 14.5 Å². The molecule has 168 valence electrons. The maximum atomic E-state index is 5.99. The number of aliphatic imine (C=N–C) groups is 1. The number of aryl methyl sites for hydroxylation is 2. The molecule has 0 saturated carbocycles. The summed E-state index contributed by atoms with van der Waals surface area (Å²) in [5, 5.41) is 8.15. The summed E-state index contributed by atoms with van der Waals surface area (Å²) in [5.41, 5.74) is 3.75. The van der Waals surface area contributed by atoms with E-state index in [-0.39, 0.29) is 24.0 Å². The van der Waals surface area contributed by atoms with Gasteiger partial charge in [-0.05, 0) is 39.0 Å². The highest BCUT2D eigenvalue weighted by Crippen LogP contribution is 2.18. The highest BCUT2D eigenvalue weighted by atomic mass is 127. The van der Waals surface area contributed by atoms with Crippen LogP contribution in [0.4, 0.5) is 0 Å². The molecule has 1 aromatic heterocycles. The molecule has 0 radical (unpaired) electrons. The molecule has 7 nitrogen and oxygen atoms in total. The smallest absolute Gasteiger partial charge is 0.194 e. The third-order valence-electron chi connectivity index (χ3n) is 5.34. The lowest BCUT2D eigenvalue weighted by atomic mass is 10.1. The molecule has 0 amide bonds. The van der Waals surface area contributed by atoms with Crippen LogP contribution in [0.25, 0.3) is 0 Å². The summed E-state index contributed by atoms with van der Waals surface area (Å²) in [4.78, 5) is 7.34. The molecule has 1 aliphatic rings. The van der Waals surface area contributed by atoms with Gasteiger partial charge in [0.2, 0.25) is 0 Å². The lowest BCUT2D eigenvalue weighted by Crippen LogP contribution is -2.47. The molecule has 2 rings (SSSR count). The first-order valence-corrected chi connectivity index (χ1v) is 10.8. The summed E-state index contributed by atoms with van der Waals surface area (Å²) >= 11 is 0. The second-order valence-electron chi connectivity index (χ2n) is 7.28. The Kier molecular flexibility index (Phi) is 12.8. The van der Waals surface area contributed by atoms with E-state index < -0.39 is 0 Å². The van der Waals surface area contributed by atoms with Crippen LogP contribution >= 0.6 is 24.0 Å². The molecular formula is C21H40IN5O2. The summed E-state index contributed by atoms with van der Waals surface area (Å²) in [6, 6.07) is 0. The zero-order valence-corrected chi connectivity index (χ0v) is 21.2. The molecule has 0 aliphatic carbocycles. The van der Waals surface area contributed by atoms with E-state index in [9.17, 15) is 0 Å². The molecule has 0 spiro atoms. The molecule has 0 unspecified atom stereocenters. The van der Waals surface area contributed by atoms with E-state index in [0.29, 0.717) is 12.6 Å². The first-order chi connectivity index (χ1) is 13.6. The van der Waals surface area contributed by atoms with Crippen LogP contribution in [0.15, 0.2) is 4.99 Å². The van der Waals surface area contributed by atoms with Gasteiger partial charge in [0.1, 0.15) is 0 Å². The molecule has 8 heteroatoms. The number of hydrogen-bond acceptors (Lipinski definition) is 4. The summed E-state index contributed by atoms with van der Waals surface area (Å²) < 4.78 is 13.1. The third-order valence-corrected chi connectivity index (χ3v) is 5.34. The van der Waals surface area contributed by atoms with Crippen molar-refractivity contribution < 1.29 is 9.47 Å². The molecule has 29 heavy (non-hydrogen) atoms. The number of halogens is 1. The topological polar surface area (TPSA) is 63.9 Å². The van der Waals surface area contributed by atoms with Crippen molar-refractivity contribution in [2.75, 3.05) is 40.0 Å². The SMILES string of the molecule is CCNC(=NCc1c(CC)nn(C)c1CC)N1CCC(OCCCOC)CC1.I. The van der Waals surface area contributed by atoms with Gasteiger partial charge in [0.15, 0.2) is 5.96 Å². The maximum Gasteiger partial charge on any atom is 0.194 e. The molecule has 0 aromatic carbocycles. The van der Waals surface area contributed by atoms with Gasteiger partial charge >= 0.3 is 0 Å². The minimum Gasteiger partial charge on any atom is -0.385 e. The van der Waals surface area contributed by atoms with Crippen molar-refractivity contribution >= 4 is 29.9 Å². The van der Waals surface area contributed by atoms with Crippen LogP contribution in [0.1, 0.15) is 57.0 Å². The van der Waals surface area contributed by atoms with Crippen molar-refractivity contribution in [1.29, 1.82) is 0 Å². The Morgan fingerprint density at radius 2 is 1.90 bits per heavy atom. The minimum atomic E-state index is 0. The van der Waals surface area contributed by atoms with E-state index in [1.165, 1.54) is 17.0 Å². The Bertz CT molecular complexity index is 612. The number of guanidine groups is 1. The van der Waals surface area contributed by atoms with Crippen molar-refractivity contribution in [3.05, 3.63) is 17.0 Å². The number of rotatable bonds is 10. The molecule has 0 atom stereocenters. The van der Waals surface area contributed by atoms with Crippen LogP contribution in [0, 0.1) is 0 Å². The van der Waals surface area contributed by atoms with Gasteiger partial charge in [0.25, 0.3) is 0 Å². The fourth-order valence-electron chi connectivity index (χ4n) is 3.84. The lowest BCUT2D eigenvalue weighted by Gasteiger charge is -2.34. The molecule has 2 heterocycles. The van der Waals surface area contributed by atoms with Gasteiger partial charge in [-0.1, -0.05) is 13.8 Å². The number of nitrogens with one attached hydrogen (secondary N) is 1. The van der Waals surface area contributed by atoms with Crippen LogP contribution < -0.4 is 5.32 Å². The Balaban J connectivity index is 0.00000420. The van der Waals surface area contributed by atoms with Crippen molar-refractivity contribution in [3.63, 3.8) is 0 Å². The predicted octanol–water partition coefficient (Wildman–Crippen LogP) is 3.15. The number of nitrogens with zero attached hydrogens (tertiary/aromatic N) is 4. The van der Waals surface area contributed by atoms with Gasteiger partial charge in [0, 0.05) is 58.3 Å². The number of hydrogen-bond donors (Lipinski definition) is 1. The summed E-state index contributed by atoms with van der Waals surface area (Å²) in [6.07, 6.45) is 5.34. The van der Waals surface area contributed by atoms with Gasteiger partial charge in [0.05, 0.1) is 18.3 Å². The van der Waals surface area contributed by atoms with Crippen molar-refractivity contribution in [2.24, 2.45) is 12.0 Å². The fourth-order valence-corrected chi connectivity index (χ4v) is 3.84. The quantitative estimate of drug-likeness (QED) is 0.222. The monoisotopic (exact) mass is 521 g/mol. The highest BCUT2D eigenvalue weighted by molar-refractivity contribution is 14.0. The normalized spacial score (nSPS) is 15.5. The van der Waals surface area contributed by atoms with Crippen LogP contribution in [0.2, 0.25) is 0 Å². The second-order valence-corrected chi connectivity index (χ2v) is 7.28. The first-order valence-electron chi connectivity index (χ1n) is 10.8. The molecule has 1 saturated heterocycles. The largest absolute Gasteiger partial charge is 0.385 e. The van der Waals surface area contributed by atoms with Crippen molar-refractivity contribution in [2.45, 2.75) is 65.5 Å². The Morgan fingerprint density at radius 1 is 1.17 bits per heavy atom. The summed E-state index contributed by atoms with van der Waals surface area (Å²) in [7, 11) is 3.77. The van der Waals surface area contributed by atoms with E-state index in [0.717, 1.165) is 70.9 Å². The second kappa shape index (κ2) is 14.2. The van der Waals surface area contributed by atoms with Crippen LogP contribution in [-0.4, -0.2) is 66.7 Å². The van der Waals surface area contributed by atoms with E-state index >= 15 is 0 Å². The van der Waals surface area contributed by atoms with Crippen LogP contribution in [0.3, 0.4) is 0 Å². The van der Waals surface area contributed by atoms with Crippen molar-refractivity contribution in [1.82, 2.24) is 20.0 Å². The number of ether oxygens (including phenoxy) is 2. The zero-order valence-electron chi connectivity index (χ0n) is 18.9. The molecule has 1 aliphatic heterocycles. The molecule has 1 N–H and O–H groups in total. The molecule has 1 fully saturated rings. The van der Waals surface area contributed by atoms with Crippen LogP contribution in [-0.2, 0) is 35.9 Å². The summed E-state index contributed by atoms with van der Waals surface area (Å²) in [6.45, 7) is 11.6. The maximum absolute atomic E-state index is 5.99. The van der Waals surface area contributed by atoms with E-state index in [1.807, 2.05) is 11.7 Å². The number of methoxy groups -OCH3 is 1. The molecular weight excluding hydrogens is 481 g/mol. The van der Waals surface area contributed by atoms with Gasteiger partial charge in [-0.2, -0.15) is 5.10 Å². The van der Waals surface area contributed by atoms with E-state index in [2.05, 4.69) is 36.1 Å². The summed E-state index contributed by atoms with van der Waals surface area (Å²) in [5.74, 6) is 1.01. The van der Waals surface area contributed by atoms with Gasteiger partial charge in [-0.3, -0.25) is 4.68 Å². The Labute approximate surface area is 193 Å². The first kappa shape index (κ1) is 26.2. The lowest BCUT2D eigenvalue weighted by molar-refractivity contribution is 0.00990. The van der Waals surface area contributed by atoms with Gasteiger partial charge in [-0.25, -0.2) is 4.99 Å². The Hall–Kier alpha value is -0.870. The van der Waals surface area contributed by atoms with Crippen LogP contribution in [0.5, 0.6) is 0 Å². The Morgan fingerprint density at radius 3 is 2.48 bits per heavy atom. The van der Waals surface area contributed by atoms with Crippen molar-refractivity contribution in [3.8, 4) is 0 Å². The van der Waals surface area contributed by atoms with Gasteiger partial charge in [-0.15, -0.1) is 24.0 Å². The predicted molar refractivity (Wildman–Crippen MR) is 129 cm³/mol. The number of likely N-dealkylation sites (tertiary alicyclic amines) is 1. The molecule has 0 bridgehead atoms. The minimum absolute atomic E-state index is 0.